The Morgan fingerprint density at radius 1 is 1.18 bits per heavy atom. The summed E-state index contributed by atoms with van der Waals surface area (Å²) in [5, 5.41) is 2.72. The van der Waals surface area contributed by atoms with Gasteiger partial charge in [-0.25, -0.2) is 13.4 Å². The van der Waals surface area contributed by atoms with E-state index in [2.05, 4.69) is 10.3 Å². The molecule has 2 aliphatic rings. The summed E-state index contributed by atoms with van der Waals surface area (Å²) in [4.78, 5) is 16.1. The van der Waals surface area contributed by atoms with Crippen LogP contribution in [0.3, 0.4) is 0 Å². The highest BCUT2D eigenvalue weighted by molar-refractivity contribution is 7.89. The molecule has 11 heteroatoms. The minimum Gasteiger partial charge on any atom is -0.454 e. The average molecular weight is 408 g/mol. The zero-order chi connectivity index (χ0) is 19.6. The van der Waals surface area contributed by atoms with Crippen LogP contribution in [0.15, 0.2) is 35.7 Å². The number of hydrogen-bond acceptors (Lipinski definition) is 7. The van der Waals surface area contributed by atoms with E-state index in [9.17, 15) is 13.2 Å². The van der Waals surface area contributed by atoms with Crippen molar-refractivity contribution in [3.63, 3.8) is 0 Å². The predicted octanol–water partition coefficient (Wildman–Crippen LogP) is -0.0509. The summed E-state index contributed by atoms with van der Waals surface area (Å²) < 4.78 is 43.6. The first-order valence-corrected chi connectivity index (χ1v) is 10.2. The molecule has 1 amide bonds. The lowest BCUT2D eigenvalue weighted by molar-refractivity contribution is -0.121. The topological polar surface area (TPSA) is 112 Å². The SMILES string of the molecule is O=C(Cn1cnc(S(=O)(=O)N2CCOCC2)c1)NCc1ccc2c(c1)OCO2. The summed E-state index contributed by atoms with van der Waals surface area (Å²) in [5.74, 6) is 1.08. The van der Waals surface area contributed by atoms with E-state index in [0.717, 1.165) is 5.56 Å². The summed E-state index contributed by atoms with van der Waals surface area (Å²) in [5.41, 5.74) is 0.874. The van der Waals surface area contributed by atoms with Gasteiger partial charge in [-0.3, -0.25) is 4.79 Å². The number of ether oxygens (including phenoxy) is 3. The first-order chi connectivity index (χ1) is 13.5. The van der Waals surface area contributed by atoms with Crippen LogP contribution in [0.1, 0.15) is 5.56 Å². The van der Waals surface area contributed by atoms with Crippen molar-refractivity contribution in [2.75, 3.05) is 33.1 Å². The van der Waals surface area contributed by atoms with Gasteiger partial charge in [-0.2, -0.15) is 4.31 Å². The third kappa shape index (κ3) is 3.96. The molecule has 0 spiro atoms. The van der Waals surface area contributed by atoms with Gasteiger partial charge in [0.25, 0.3) is 10.0 Å². The average Bonchev–Trinajstić information content (AvgIpc) is 3.36. The van der Waals surface area contributed by atoms with E-state index < -0.39 is 10.0 Å². The molecule has 0 bridgehead atoms. The van der Waals surface area contributed by atoms with E-state index in [1.807, 2.05) is 12.1 Å². The van der Waals surface area contributed by atoms with Crippen LogP contribution in [-0.4, -0.2) is 61.3 Å². The van der Waals surface area contributed by atoms with Gasteiger partial charge in [-0.1, -0.05) is 6.07 Å². The van der Waals surface area contributed by atoms with Gasteiger partial charge in [0.2, 0.25) is 12.7 Å². The molecular formula is C17H20N4O6S. The Labute approximate surface area is 162 Å². The number of fused-ring (bicyclic) bond motifs is 1. The second-order valence-electron chi connectivity index (χ2n) is 6.37. The quantitative estimate of drug-likeness (QED) is 0.713. The largest absolute Gasteiger partial charge is 0.454 e. The molecule has 1 N–H and O–H groups in total. The zero-order valence-corrected chi connectivity index (χ0v) is 15.9. The van der Waals surface area contributed by atoms with Crippen molar-refractivity contribution in [3.8, 4) is 11.5 Å². The lowest BCUT2D eigenvalue weighted by atomic mass is 10.2. The Bertz CT molecular complexity index is 968. The van der Waals surface area contributed by atoms with Crippen LogP contribution in [0.4, 0.5) is 0 Å². The van der Waals surface area contributed by atoms with E-state index in [-0.39, 0.29) is 24.3 Å². The first kappa shape index (κ1) is 18.7. The molecule has 2 aromatic rings. The Balaban J connectivity index is 1.34. The van der Waals surface area contributed by atoms with Crippen LogP contribution in [0, 0.1) is 0 Å². The van der Waals surface area contributed by atoms with Crippen LogP contribution in [0.5, 0.6) is 11.5 Å². The molecule has 1 aromatic heterocycles. The van der Waals surface area contributed by atoms with Crippen molar-refractivity contribution in [1.82, 2.24) is 19.2 Å². The van der Waals surface area contributed by atoms with E-state index in [1.165, 1.54) is 21.4 Å². The summed E-state index contributed by atoms with van der Waals surface area (Å²) in [6.07, 6.45) is 2.71. The third-order valence-corrected chi connectivity index (χ3v) is 6.22. The second kappa shape index (κ2) is 7.78. The van der Waals surface area contributed by atoms with E-state index in [1.54, 1.807) is 6.07 Å². The number of carbonyl (C=O) groups excluding carboxylic acids is 1. The van der Waals surface area contributed by atoms with Crippen LogP contribution in [0.2, 0.25) is 0 Å². The third-order valence-electron chi connectivity index (χ3n) is 4.44. The fourth-order valence-corrected chi connectivity index (χ4v) is 4.30. The Kier molecular flexibility index (Phi) is 5.20. The van der Waals surface area contributed by atoms with Crippen molar-refractivity contribution in [2.45, 2.75) is 18.1 Å². The van der Waals surface area contributed by atoms with Gasteiger partial charge in [-0.05, 0) is 17.7 Å². The van der Waals surface area contributed by atoms with E-state index in [4.69, 9.17) is 14.2 Å². The van der Waals surface area contributed by atoms with Crippen LogP contribution >= 0.6 is 0 Å². The number of carbonyl (C=O) groups is 1. The summed E-state index contributed by atoms with van der Waals surface area (Å²) >= 11 is 0. The van der Waals surface area contributed by atoms with Crippen LogP contribution < -0.4 is 14.8 Å². The maximum atomic E-state index is 12.6. The van der Waals surface area contributed by atoms with Gasteiger partial charge in [-0.15, -0.1) is 0 Å². The summed E-state index contributed by atoms with van der Waals surface area (Å²) in [7, 11) is -3.67. The van der Waals surface area contributed by atoms with Gasteiger partial charge < -0.3 is 24.1 Å². The highest BCUT2D eigenvalue weighted by Crippen LogP contribution is 2.32. The van der Waals surface area contributed by atoms with Gasteiger partial charge in [0.15, 0.2) is 16.5 Å². The van der Waals surface area contributed by atoms with Gasteiger partial charge >= 0.3 is 0 Å². The number of imidazole rings is 1. The van der Waals surface area contributed by atoms with Crippen molar-refractivity contribution < 1.29 is 27.4 Å². The zero-order valence-electron chi connectivity index (χ0n) is 15.0. The molecule has 0 atom stereocenters. The second-order valence-corrected chi connectivity index (χ2v) is 8.25. The molecule has 0 unspecified atom stereocenters. The van der Waals surface area contributed by atoms with Gasteiger partial charge in [0.1, 0.15) is 6.54 Å². The number of sulfonamides is 1. The maximum Gasteiger partial charge on any atom is 0.262 e. The monoisotopic (exact) mass is 408 g/mol. The number of hydrogen-bond donors (Lipinski definition) is 1. The number of nitrogens with zero attached hydrogens (tertiary/aromatic N) is 3. The van der Waals surface area contributed by atoms with Crippen molar-refractivity contribution in [1.29, 1.82) is 0 Å². The molecule has 0 aliphatic carbocycles. The molecule has 2 aliphatic heterocycles. The number of amides is 1. The fourth-order valence-electron chi connectivity index (χ4n) is 2.95. The summed E-state index contributed by atoms with van der Waals surface area (Å²) in [6.45, 7) is 1.81. The minimum atomic E-state index is -3.67. The molecule has 150 valence electrons. The molecule has 1 saturated heterocycles. The molecule has 3 heterocycles. The lowest BCUT2D eigenvalue weighted by Crippen LogP contribution is -2.40. The number of aromatic nitrogens is 2. The van der Waals surface area contributed by atoms with Crippen molar-refractivity contribution in [2.24, 2.45) is 0 Å². The number of nitrogens with one attached hydrogen (secondary N) is 1. The molecule has 10 nitrogen and oxygen atoms in total. The van der Waals surface area contributed by atoms with Crippen LogP contribution in [0.25, 0.3) is 0 Å². The molecule has 0 radical (unpaired) electrons. The van der Waals surface area contributed by atoms with Gasteiger partial charge in [0.05, 0.1) is 19.5 Å². The van der Waals surface area contributed by atoms with Gasteiger partial charge in [0, 0.05) is 25.8 Å². The molecular weight excluding hydrogens is 388 g/mol. The Morgan fingerprint density at radius 2 is 1.96 bits per heavy atom. The standard InChI is InChI=1S/C17H20N4O6S/c22-16(18-8-13-1-2-14-15(7-13)27-12-26-14)9-20-10-17(19-11-20)28(23,24)21-3-5-25-6-4-21/h1-2,7,10-11H,3-6,8-9,12H2,(H,18,22). The lowest BCUT2D eigenvalue weighted by Gasteiger charge is -2.24. The van der Waals surface area contributed by atoms with Crippen molar-refractivity contribution in [3.05, 3.63) is 36.3 Å². The normalized spacial score (nSPS) is 16.9. The van der Waals surface area contributed by atoms with E-state index >= 15 is 0 Å². The molecule has 0 saturated carbocycles. The predicted molar refractivity (Wildman–Crippen MR) is 96.2 cm³/mol. The Morgan fingerprint density at radius 3 is 2.79 bits per heavy atom. The molecule has 1 fully saturated rings. The molecule has 1 aromatic carbocycles. The fraction of sp³-hybridized carbons (Fsp3) is 0.412. The Hall–Kier alpha value is -2.63. The highest BCUT2D eigenvalue weighted by atomic mass is 32.2. The number of rotatable bonds is 6. The highest BCUT2D eigenvalue weighted by Gasteiger charge is 2.28. The first-order valence-electron chi connectivity index (χ1n) is 8.77. The summed E-state index contributed by atoms with van der Waals surface area (Å²) in [6, 6.07) is 5.45. The maximum absolute atomic E-state index is 12.6. The molecule has 4 rings (SSSR count). The van der Waals surface area contributed by atoms with Crippen molar-refractivity contribution >= 4 is 15.9 Å². The number of morpholine rings is 1. The number of benzene rings is 1. The van der Waals surface area contributed by atoms with E-state index in [0.29, 0.717) is 44.3 Å². The minimum absolute atomic E-state index is 0.0316. The molecule has 28 heavy (non-hydrogen) atoms. The smallest absolute Gasteiger partial charge is 0.262 e. The van der Waals surface area contributed by atoms with Crippen LogP contribution in [-0.2, 0) is 32.6 Å².